The number of rotatable bonds is 9. The van der Waals surface area contributed by atoms with Crippen molar-refractivity contribution in [2.75, 3.05) is 39.5 Å². The third-order valence-corrected chi connectivity index (χ3v) is 2.81. The van der Waals surface area contributed by atoms with E-state index in [-0.39, 0.29) is 18.2 Å². The van der Waals surface area contributed by atoms with Crippen LogP contribution in [0.15, 0.2) is 0 Å². The first-order chi connectivity index (χ1) is 10.1. The smallest absolute Gasteiger partial charge is 0.410 e. The summed E-state index contributed by atoms with van der Waals surface area (Å²) in [6, 6.07) is 0. The molecule has 0 fully saturated rings. The lowest BCUT2D eigenvalue weighted by Gasteiger charge is -2.36. The number of amides is 1. The van der Waals surface area contributed by atoms with Crippen molar-refractivity contribution in [2.45, 2.75) is 59.1 Å². The molecule has 0 aromatic carbocycles. The van der Waals surface area contributed by atoms with Crippen molar-refractivity contribution in [3.63, 3.8) is 0 Å². The summed E-state index contributed by atoms with van der Waals surface area (Å²) >= 11 is 0. The van der Waals surface area contributed by atoms with Gasteiger partial charge in [0.05, 0.1) is 13.2 Å². The molecule has 0 aliphatic rings. The molecule has 6 nitrogen and oxygen atoms in total. The Morgan fingerprint density at radius 3 is 2.23 bits per heavy atom. The lowest BCUT2D eigenvalue weighted by Crippen LogP contribution is -2.50. The zero-order valence-electron chi connectivity index (χ0n) is 15.1. The van der Waals surface area contributed by atoms with E-state index in [4.69, 9.17) is 14.6 Å². The minimum Gasteiger partial charge on any atom is -0.444 e. The minimum atomic E-state index is -0.488. The Morgan fingerprint density at radius 1 is 1.09 bits per heavy atom. The quantitative estimate of drug-likeness (QED) is 0.636. The molecule has 0 spiro atoms. The normalized spacial score (nSPS) is 12.3. The van der Waals surface area contributed by atoms with Gasteiger partial charge in [0.25, 0.3) is 0 Å². The van der Waals surface area contributed by atoms with Gasteiger partial charge in [-0.2, -0.15) is 0 Å². The van der Waals surface area contributed by atoms with Gasteiger partial charge in [-0.05, 0) is 54.5 Å². The summed E-state index contributed by atoms with van der Waals surface area (Å²) in [6.07, 6.45) is 0.593. The predicted molar refractivity (Wildman–Crippen MR) is 88.1 cm³/mol. The van der Waals surface area contributed by atoms with Gasteiger partial charge in [-0.3, -0.25) is 0 Å². The fourth-order valence-electron chi connectivity index (χ4n) is 1.80. The first-order valence-corrected chi connectivity index (χ1v) is 7.98. The number of aliphatic hydroxyl groups excluding tert-OH is 1. The van der Waals surface area contributed by atoms with Gasteiger partial charge in [-0.25, -0.2) is 4.79 Å². The summed E-state index contributed by atoms with van der Waals surface area (Å²) in [5.41, 5.74) is -0.772. The molecular formula is C16H34N2O4. The monoisotopic (exact) mass is 318 g/mol. The molecule has 0 bridgehead atoms. The zero-order valence-corrected chi connectivity index (χ0v) is 15.1. The van der Waals surface area contributed by atoms with Crippen LogP contribution in [0, 0.1) is 0 Å². The van der Waals surface area contributed by atoms with Crippen LogP contribution in [0.25, 0.3) is 0 Å². The highest BCUT2D eigenvalue weighted by molar-refractivity contribution is 5.69. The highest BCUT2D eigenvalue weighted by atomic mass is 16.6. The van der Waals surface area contributed by atoms with E-state index in [9.17, 15) is 4.79 Å². The third-order valence-electron chi connectivity index (χ3n) is 2.81. The highest BCUT2D eigenvalue weighted by Gasteiger charge is 2.30. The largest absolute Gasteiger partial charge is 0.444 e. The molecule has 0 aliphatic carbocycles. The maximum absolute atomic E-state index is 12.3. The molecule has 0 aromatic heterocycles. The standard InChI is InChI=1S/C16H34N2O4/c1-15(2,3)18(14(20)22-16(4,5)6)10-9-17-8-7-12-21-13-11-19/h17,19H,7-13H2,1-6H3. The maximum Gasteiger partial charge on any atom is 0.410 e. The van der Waals surface area contributed by atoms with Crippen LogP contribution in [0.3, 0.4) is 0 Å². The van der Waals surface area contributed by atoms with Crippen LogP contribution < -0.4 is 5.32 Å². The van der Waals surface area contributed by atoms with Crippen molar-refractivity contribution in [3.05, 3.63) is 0 Å². The first-order valence-electron chi connectivity index (χ1n) is 7.98. The number of nitrogens with zero attached hydrogens (tertiary/aromatic N) is 1. The van der Waals surface area contributed by atoms with Crippen LogP contribution in [-0.4, -0.2) is 66.7 Å². The van der Waals surface area contributed by atoms with Crippen molar-refractivity contribution in [1.29, 1.82) is 0 Å². The zero-order chi connectivity index (χ0) is 17.2. The van der Waals surface area contributed by atoms with E-state index in [2.05, 4.69) is 5.32 Å². The molecule has 0 aliphatic heterocycles. The topological polar surface area (TPSA) is 71.0 Å². The Kier molecular flexibility index (Phi) is 9.64. The molecule has 0 aromatic rings. The molecule has 2 N–H and O–H groups in total. The van der Waals surface area contributed by atoms with Gasteiger partial charge in [0.15, 0.2) is 0 Å². The van der Waals surface area contributed by atoms with E-state index in [1.165, 1.54) is 0 Å². The van der Waals surface area contributed by atoms with E-state index in [0.29, 0.717) is 26.3 Å². The lowest BCUT2D eigenvalue weighted by atomic mass is 10.1. The molecule has 22 heavy (non-hydrogen) atoms. The Balaban J connectivity index is 4.10. The summed E-state index contributed by atoms with van der Waals surface area (Å²) in [5.74, 6) is 0. The Bertz CT molecular complexity index is 308. The van der Waals surface area contributed by atoms with Gasteiger partial charge in [0.1, 0.15) is 5.60 Å². The van der Waals surface area contributed by atoms with Crippen LogP contribution in [0.5, 0.6) is 0 Å². The van der Waals surface area contributed by atoms with Gasteiger partial charge >= 0.3 is 6.09 Å². The second-order valence-electron chi connectivity index (χ2n) is 7.24. The van der Waals surface area contributed by atoms with E-state index in [1.807, 2.05) is 41.5 Å². The number of carbonyl (C=O) groups is 1. The first kappa shape index (κ1) is 21.1. The number of nitrogens with one attached hydrogen (secondary N) is 1. The number of hydrogen-bond acceptors (Lipinski definition) is 5. The fourth-order valence-corrected chi connectivity index (χ4v) is 1.80. The Morgan fingerprint density at radius 2 is 1.73 bits per heavy atom. The molecule has 6 heteroatoms. The van der Waals surface area contributed by atoms with Crippen molar-refractivity contribution >= 4 is 6.09 Å². The van der Waals surface area contributed by atoms with E-state index in [1.54, 1.807) is 4.90 Å². The molecule has 0 heterocycles. The van der Waals surface area contributed by atoms with Crippen molar-refractivity contribution in [1.82, 2.24) is 10.2 Å². The summed E-state index contributed by atoms with van der Waals surface area (Å²) < 4.78 is 10.6. The molecule has 0 saturated carbocycles. The molecule has 0 saturated heterocycles. The minimum absolute atomic E-state index is 0.0594. The number of aliphatic hydroxyl groups is 1. The van der Waals surface area contributed by atoms with Crippen LogP contribution in [0.2, 0.25) is 0 Å². The SMILES string of the molecule is CC(C)(C)OC(=O)N(CCNCCCOCCO)C(C)(C)C. The molecular weight excluding hydrogens is 284 g/mol. The number of carbonyl (C=O) groups excluding carboxylic acids is 1. The van der Waals surface area contributed by atoms with Gasteiger partial charge < -0.3 is 24.8 Å². The Labute approximate surface area is 135 Å². The molecule has 132 valence electrons. The van der Waals surface area contributed by atoms with Gasteiger partial charge in [0.2, 0.25) is 0 Å². The summed E-state index contributed by atoms with van der Waals surface area (Å²) in [6.45, 7) is 14.8. The van der Waals surface area contributed by atoms with Crippen molar-refractivity contribution in [3.8, 4) is 0 Å². The Hall–Kier alpha value is -0.850. The average Bonchev–Trinajstić information content (AvgIpc) is 2.33. The average molecular weight is 318 g/mol. The fraction of sp³-hybridized carbons (Fsp3) is 0.938. The van der Waals surface area contributed by atoms with Gasteiger partial charge in [0, 0.05) is 25.2 Å². The van der Waals surface area contributed by atoms with Crippen LogP contribution in [-0.2, 0) is 9.47 Å². The van der Waals surface area contributed by atoms with Gasteiger partial charge in [-0.15, -0.1) is 0 Å². The van der Waals surface area contributed by atoms with Gasteiger partial charge in [-0.1, -0.05) is 0 Å². The lowest BCUT2D eigenvalue weighted by molar-refractivity contribution is 0.00660. The third kappa shape index (κ3) is 10.8. The van der Waals surface area contributed by atoms with Crippen LogP contribution >= 0.6 is 0 Å². The van der Waals surface area contributed by atoms with E-state index in [0.717, 1.165) is 13.0 Å². The second kappa shape index (κ2) is 10.0. The molecule has 0 unspecified atom stereocenters. The predicted octanol–water partition coefficient (Wildman–Crippen LogP) is 2.01. The molecule has 0 atom stereocenters. The molecule has 0 radical (unpaired) electrons. The second-order valence-corrected chi connectivity index (χ2v) is 7.24. The molecule has 0 rings (SSSR count). The van der Waals surface area contributed by atoms with Crippen molar-refractivity contribution < 1.29 is 19.4 Å². The van der Waals surface area contributed by atoms with Crippen LogP contribution in [0.1, 0.15) is 48.0 Å². The van der Waals surface area contributed by atoms with Crippen LogP contribution in [0.4, 0.5) is 4.79 Å². The molecule has 1 amide bonds. The number of hydrogen-bond donors (Lipinski definition) is 2. The summed E-state index contributed by atoms with van der Waals surface area (Å²) in [5, 5.41) is 11.9. The number of ether oxygens (including phenoxy) is 2. The highest BCUT2D eigenvalue weighted by Crippen LogP contribution is 2.17. The summed E-state index contributed by atoms with van der Waals surface area (Å²) in [7, 11) is 0. The van der Waals surface area contributed by atoms with Crippen molar-refractivity contribution in [2.24, 2.45) is 0 Å². The van der Waals surface area contributed by atoms with E-state index >= 15 is 0 Å². The maximum atomic E-state index is 12.3. The summed E-state index contributed by atoms with van der Waals surface area (Å²) in [4.78, 5) is 14.0. The van der Waals surface area contributed by atoms with E-state index < -0.39 is 5.60 Å².